The van der Waals surface area contributed by atoms with Crippen LogP contribution in [0.15, 0.2) is 60.8 Å². The Morgan fingerprint density at radius 3 is 2.61 bits per heavy atom. The first-order chi connectivity index (χ1) is 13.8. The van der Waals surface area contributed by atoms with E-state index in [1.807, 2.05) is 36.5 Å². The maximum atomic E-state index is 6.30. The van der Waals surface area contributed by atoms with E-state index < -0.39 is 0 Å². The van der Waals surface area contributed by atoms with Crippen LogP contribution in [0.1, 0.15) is 43.0 Å². The number of tetrazole rings is 1. The normalized spacial score (nSPS) is 12.2. The number of aryl methyl sites for hydroxylation is 1. The van der Waals surface area contributed by atoms with Gasteiger partial charge in [0.25, 0.3) is 0 Å². The molecule has 1 unspecified atom stereocenters. The van der Waals surface area contributed by atoms with E-state index in [1.54, 1.807) is 0 Å². The lowest BCUT2D eigenvalue weighted by Crippen LogP contribution is -2.17. The topological polar surface area (TPSA) is 72.3 Å². The van der Waals surface area contributed by atoms with Crippen molar-refractivity contribution in [1.29, 1.82) is 0 Å². The summed E-state index contributed by atoms with van der Waals surface area (Å²) in [5.41, 5.74) is 3.32. The summed E-state index contributed by atoms with van der Waals surface area (Å²) in [6.07, 6.45) is 4.81. The SMILES string of the molecule is CCCCc1nc(Cl)cn1C(c1nn[nH]n1)c1ccccc1-c1ccccc1. The third kappa shape index (κ3) is 3.68. The van der Waals surface area contributed by atoms with Crippen LogP contribution in [-0.2, 0) is 6.42 Å². The minimum atomic E-state index is -0.276. The molecule has 0 amide bonds. The number of aromatic amines is 1. The fraction of sp³-hybridized carbons (Fsp3) is 0.238. The number of unbranched alkanes of at least 4 members (excludes halogenated alkanes) is 1. The molecule has 142 valence electrons. The van der Waals surface area contributed by atoms with E-state index in [-0.39, 0.29) is 6.04 Å². The van der Waals surface area contributed by atoms with Crippen molar-refractivity contribution < 1.29 is 0 Å². The molecule has 0 bridgehead atoms. The molecule has 7 heteroatoms. The van der Waals surface area contributed by atoms with Gasteiger partial charge in [0, 0.05) is 12.6 Å². The lowest BCUT2D eigenvalue weighted by Gasteiger charge is -2.21. The fourth-order valence-electron chi connectivity index (χ4n) is 3.46. The Morgan fingerprint density at radius 2 is 1.86 bits per heavy atom. The van der Waals surface area contributed by atoms with Crippen molar-refractivity contribution in [3.05, 3.63) is 83.2 Å². The van der Waals surface area contributed by atoms with Crippen molar-refractivity contribution >= 4 is 11.6 Å². The number of halogens is 1. The number of rotatable bonds is 7. The van der Waals surface area contributed by atoms with Crippen LogP contribution in [-0.4, -0.2) is 30.2 Å². The highest BCUT2D eigenvalue weighted by molar-refractivity contribution is 6.29. The van der Waals surface area contributed by atoms with E-state index in [0.717, 1.165) is 41.8 Å². The molecule has 0 radical (unpaired) electrons. The molecule has 1 N–H and O–H groups in total. The van der Waals surface area contributed by atoms with E-state index in [0.29, 0.717) is 11.0 Å². The molecule has 0 fully saturated rings. The van der Waals surface area contributed by atoms with E-state index in [9.17, 15) is 0 Å². The molecule has 4 rings (SSSR count). The van der Waals surface area contributed by atoms with Crippen LogP contribution in [0.3, 0.4) is 0 Å². The summed E-state index contributed by atoms with van der Waals surface area (Å²) in [4.78, 5) is 4.55. The Kier molecular flexibility index (Phi) is 5.48. The van der Waals surface area contributed by atoms with Gasteiger partial charge in [-0.05, 0) is 23.1 Å². The number of H-pyrrole nitrogens is 1. The van der Waals surface area contributed by atoms with Gasteiger partial charge in [0.1, 0.15) is 17.0 Å². The summed E-state index contributed by atoms with van der Waals surface area (Å²) < 4.78 is 2.07. The first kappa shape index (κ1) is 18.4. The molecular formula is C21H21ClN6. The summed E-state index contributed by atoms with van der Waals surface area (Å²) in [5.74, 6) is 1.50. The van der Waals surface area contributed by atoms with Crippen LogP contribution < -0.4 is 0 Å². The van der Waals surface area contributed by atoms with Gasteiger partial charge in [0.05, 0.1) is 0 Å². The maximum absolute atomic E-state index is 6.30. The monoisotopic (exact) mass is 392 g/mol. The van der Waals surface area contributed by atoms with Gasteiger partial charge < -0.3 is 4.57 Å². The standard InChI is InChI=1S/C21H21ClN6/c1-2-3-13-19-23-18(22)14-28(19)20(21-24-26-27-25-21)17-12-8-7-11-16(17)15-9-5-4-6-10-15/h4-12,14,20H,2-3,13H2,1H3,(H,24,25,26,27). The average Bonchev–Trinajstić information content (AvgIpc) is 3.38. The lowest BCUT2D eigenvalue weighted by molar-refractivity contribution is 0.590. The van der Waals surface area contributed by atoms with Crippen molar-refractivity contribution in [1.82, 2.24) is 30.2 Å². The van der Waals surface area contributed by atoms with Crippen LogP contribution in [0.5, 0.6) is 0 Å². The van der Waals surface area contributed by atoms with E-state index >= 15 is 0 Å². The molecule has 4 aromatic rings. The average molecular weight is 393 g/mol. The molecule has 0 saturated heterocycles. The smallest absolute Gasteiger partial charge is 0.201 e. The van der Waals surface area contributed by atoms with Crippen molar-refractivity contribution in [3.63, 3.8) is 0 Å². The highest BCUT2D eigenvalue weighted by Gasteiger charge is 2.26. The Hall–Kier alpha value is -2.99. The van der Waals surface area contributed by atoms with Gasteiger partial charge in [-0.25, -0.2) is 4.98 Å². The predicted molar refractivity (Wildman–Crippen MR) is 109 cm³/mol. The van der Waals surface area contributed by atoms with Gasteiger partial charge in [-0.3, -0.25) is 0 Å². The molecular weight excluding hydrogens is 372 g/mol. The number of benzene rings is 2. The number of nitrogens with zero attached hydrogens (tertiary/aromatic N) is 5. The first-order valence-corrected chi connectivity index (χ1v) is 9.76. The molecule has 1 atom stereocenters. The second-order valence-corrected chi connectivity index (χ2v) is 7.00. The quantitative estimate of drug-likeness (QED) is 0.495. The van der Waals surface area contributed by atoms with Gasteiger partial charge in [-0.15, -0.1) is 10.2 Å². The minimum absolute atomic E-state index is 0.276. The van der Waals surface area contributed by atoms with Crippen molar-refractivity contribution in [2.75, 3.05) is 0 Å². The van der Waals surface area contributed by atoms with Gasteiger partial charge in [-0.1, -0.05) is 84.8 Å². The highest BCUT2D eigenvalue weighted by atomic mass is 35.5. The summed E-state index contributed by atoms with van der Waals surface area (Å²) in [6, 6.07) is 18.3. The summed E-state index contributed by atoms with van der Waals surface area (Å²) in [5, 5.41) is 15.4. The minimum Gasteiger partial charge on any atom is -0.318 e. The molecule has 2 aromatic heterocycles. The molecule has 0 spiro atoms. The highest BCUT2D eigenvalue weighted by Crippen LogP contribution is 2.34. The van der Waals surface area contributed by atoms with Gasteiger partial charge in [0.15, 0.2) is 0 Å². The molecule has 0 saturated carbocycles. The Labute approximate surface area is 168 Å². The van der Waals surface area contributed by atoms with Gasteiger partial charge in [0.2, 0.25) is 5.82 Å². The lowest BCUT2D eigenvalue weighted by atomic mass is 9.94. The second kappa shape index (κ2) is 8.35. The molecule has 0 aliphatic heterocycles. The molecule has 2 aromatic carbocycles. The van der Waals surface area contributed by atoms with Crippen molar-refractivity contribution in [2.45, 2.75) is 32.2 Å². The number of imidazole rings is 1. The third-order valence-electron chi connectivity index (χ3n) is 4.76. The van der Waals surface area contributed by atoms with Gasteiger partial charge >= 0.3 is 0 Å². The molecule has 2 heterocycles. The molecule has 0 aliphatic rings. The van der Waals surface area contributed by atoms with Gasteiger partial charge in [-0.2, -0.15) is 5.21 Å². The van der Waals surface area contributed by atoms with E-state index in [4.69, 9.17) is 11.6 Å². The fourth-order valence-corrected chi connectivity index (χ4v) is 3.66. The Morgan fingerprint density at radius 1 is 1.07 bits per heavy atom. The third-order valence-corrected chi connectivity index (χ3v) is 4.94. The van der Waals surface area contributed by atoms with E-state index in [2.05, 4.69) is 61.4 Å². The number of aromatic nitrogens is 6. The maximum Gasteiger partial charge on any atom is 0.201 e. The van der Waals surface area contributed by atoms with E-state index in [1.165, 1.54) is 0 Å². The summed E-state index contributed by atoms with van der Waals surface area (Å²) >= 11 is 6.30. The first-order valence-electron chi connectivity index (χ1n) is 9.39. The predicted octanol–water partition coefficient (Wildman–Crippen LogP) is 4.70. The zero-order valence-corrected chi connectivity index (χ0v) is 16.3. The molecule has 28 heavy (non-hydrogen) atoms. The summed E-state index contributed by atoms with van der Waals surface area (Å²) in [6.45, 7) is 2.16. The Balaban J connectivity index is 1.89. The van der Waals surface area contributed by atoms with Crippen molar-refractivity contribution in [2.24, 2.45) is 0 Å². The zero-order chi connectivity index (χ0) is 19.3. The number of nitrogens with one attached hydrogen (secondary N) is 1. The van der Waals surface area contributed by atoms with Crippen LogP contribution >= 0.6 is 11.6 Å². The Bertz CT molecular complexity index is 1030. The second-order valence-electron chi connectivity index (χ2n) is 6.62. The molecule has 6 nitrogen and oxygen atoms in total. The van der Waals surface area contributed by atoms with Crippen LogP contribution in [0, 0.1) is 0 Å². The number of hydrogen-bond acceptors (Lipinski definition) is 4. The largest absolute Gasteiger partial charge is 0.318 e. The van der Waals surface area contributed by atoms with Crippen LogP contribution in [0.2, 0.25) is 5.15 Å². The van der Waals surface area contributed by atoms with Crippen LogP contribution in [0.25, 0.3) is 11.1 Å². The van der Waals surface area contributed by atoms with Crippen LogP contribution in [0.4, 0.5) is 0 Å². The zero-order valence-electron chi connectivity index (χ0n) is 15.6. The molecule has 0 aliphatic carbocycles. The van der Waals surface area contributed by atoms with Crippen molar-refractivity contribution in [3.8, 4) is 11.1 Å². The number of hydrogen-bond donors (Lipinski definition) is 1. The summed E-state index contributed by atoms with van der Waals surface area (Å²) in [7, 11) is 0.